The topological polar surface area (TPSA) is 3.88 Å². The Kier molecular flexibility index (Phi) is 10.3. The van der Waals surface area contributed by atoms with Crippen LogP contribution in [0.3, 0.4) is 0 Å². The maximum Gasteiger partial charge on any atom is 0.168 e. The molecule has 0 spiro atoms. The predicted molar refractivity (Wildman–Crippen MR) is 87.6 cm³/mol. The van der Waals surface area contributed by atoms with Crippen molar-refractivity contribution in [2.45, 2.75) is 84.6 Å². The first-order chi connectivity index (χ1) is 9.83. The van der Waals surface area contributed by atoms with Gasteiger partial charge in [0, 0.05) is 18.6 Å². The average molecular weight is 276 g/mol. The van der Waals surface area contributed by atoms with E-state index in [1.807, 2.05) is 0 Å². The molecule has 1 heteroatoms. The van der Waals surface area contributed by atoms with E-state index in [1.54, 1.807) is 0 Å². The summed E-state index contributed by atoms with van der Waals surface area (Å²) in [6.45, 7) is 5.88. The molecule has 0 N–H and O–H groups in total. The van der Waals surface area contributed by atoms with Crippen molar-refractivity contribution >= 4 is 0 Å². The number of pyridine rings is 1. The Morgan fingerprint density at radius 3 is 2.05 bits per heavy atom. The highest BCUT2D eigenvalue weighted by Crippen LogP contribution is 2.16. The molecule has 1 aromatic rings. The minimum absolute atomic E-state index is 0.898. The van der Waals surface area contributed by atoms with Gasteiger partial charge < -0.3 is 0 Å². The number of aromatic nitrogens is 1. The van der Waals surface area contributed by atoms with Gasteiger partial charge in [0.15, 0.2) is 12.4 Å². The summed E-state index contributed by atoms with van der Waals surface area (Å²) in [5.41, 5.74) is 0. The van der Waals surface area contributed by atoms with E-state index in [4.69, 9.17) is 0 Å². The molecular formula is C19H34N+. The summed E-state index contributed by atoms with van der Waals surface area (Å²) < 4.78 is 2.29. The Balaban J connectivity index is 1.91. The van der Waals surface area contributed by atoms with Crippen molar-refractivity contribution in [3.05, 3.63) is 30.6 Å². The maximum absolute atomic E-state index is 2.42. The molecule has 0 aliphatic carbocycles. The lowest BCUT2D eigenvalue weighted by Crippen LogP contribution is -2.32. The van der Waals surface area contributed by atoms with Crippen LogP contribution in [0, 0.1) is 5.92 Å². The maximum atomic E-state index is 2.42. The average Bonchev–Trinajstić information content (AvgIpc) is 2.47. The molecular weight excluding hydrogens is 242 g/mol. The van der Waals surface area contributed by atoms with Crippen molar-refractivity contribution in [3.63, 3.8) is 0 Å². The fourth-order valence-corrected chi connectivity index (χ4v) is 2.80. The number of hydrogen-bond donors (Lipinski definition) is 0. The lowest BCUT2D eigenvalue weighted by Gasteiger charge is -2.09. The van der Waals surface area contributed by atoms with Gasteiger partial charge >= 0.3 is 0 Å². The van der Waals surface area contributed by atoms with E-state index >= 15 is 0 Å². The van der Waals surface area contributed by atoms with Gasteiger partial charge in [0.2, 0.25) is 0 Å². The van der Waals surface area contributed by atoms with Gasteiger partial charge in [0.25, 0.3) is 0 Å². The van der Waals surface area contributed by atoms with Crippen molar-refractivity contribution in [2.75, 3.05) is 0 Å². The fourth-order valence-electron chi connectivity index (χ4n) is 2.80. The molecule has 0 unspecified atom stereocenters. The van der Waals surface area contributed by atoms with Crippen LogP contribution in [-0.4, -0.2) is 0 Å². The Hall–Kier alpha value is -0.850. The zero-order chi connectivity index (χ0) is 14.5. The van der Waals surface area contributed by atoms with Crippen molar-refractivity contribution in [1.82, 2.24) is 0 Å². The number of unbranched alkanes of at least 4 members (excludes halogenated alkanes) is 6. The van der Waals surface area contributed by atoms with E-state index in [2.05, 4.69) is 49.0 Å². The van der Waals surface area contributed by atoms with E-state index in [1.165, 1.54) is 70.8 Å². The van der Waals surface area contributed by atoms with Crippen LogP contribution >= 0.6 is 0 Å². The standard InChI is InChI=1S/C19H34N/c1-3-4-5-6-7-8-10-14-19(2)15-13-18-20-16-11-9-12-17-20/h9,11-12,16-17,19H,3-8,10,13-15,18H2,1-2H3/q+1/t19-/m0/s1. The number of hydrogen-bond acceptors (Lipinski definition) is 0. The monoisotopic (exact) mass is 276 g/mol. The third-order valence-electron chi connectivity index (χ3n) is 4.19. The van der Waals surface area contributed by atoms with Crippen molar-refractivity contribution in [3.8, 4) is 0 Å². The molecule has 1 atom stereocenters. The van der Waals surface area contributed by atoms with Crippen LogP contribution < -0.4 is 4.57 Å². The smallest absolute Gasteiger partial charge is 0.168 e. The van der Waals surface area contributed by atoms with Crippen LogP contribution in [-0.2, 0) is 6.54 Å². The van der Waals surface area contributed by atoms with Crippen molar-refractivity contribution in [1.29, 1.82) is 0 Å². The molecule has 1 rings (SSSR count). The zero-order valence-electron chi connectivity index (χ0n) is 13.7. The summed E-state index contributed by atoms with van der Waals surface area (Å²) in [5, 5.41) is 0. The van der Waals surface area contributed by atoms with Crippen LogP contribution in [0.25, 0.3) is 0 Å². The molecule has 0 aromatic carbocycles. The Morgan fingerprint density at radius 1 is 0.750 bits per heavy atom. The molecule has 20 heavy (non-hydrogen) atoms. The molecule has 0 saturated carbocycles. The van der Waals surface area contributed by atoms with E-state index in [0.29, 0.717) is 0 Å². The molecule has 0 radical (unpaired) electrons. The Morgan fingerprint density at radius 2 is 1.35 bits per heavy atom. The minimum Gasteiger partial charge on any atom is -0.205 e. The summed E-state index contributed by atoms with van der Waals surface area (Å²) in [7, 11) is 0. The van der Waals surface area contributed by atoms with Crippen LogP contribution in [0.1, 0.15) is 78.1 Å². The molecule has 0 saturated heterocycles. The molecule has 0 bridgehead atoms. The van der Waals surface area contributed by atoms with Crippen molar-refractivity contribution in [2.24, 2.45) is 5.92 Å². The second kappa shape index (κ2) is 11.9. The van der Waals surface area contributed by atoms with E-state index in [0.717, 1.165) is 5.92 Å². The first-order valence-corrected chi connectivity index (χ1v) is 8.77. The third-order valence-corrected chi connectivity index (χ3v) is 4.19. The van der Waals surface area contributed by atoms with Crippen LogP contribution in [0.5, 0.6) is 0 Å². The van der Waals surface area contributed by atoms with Gasteiger partial charge in [0.05, 0.1) is 0 Å². The van der Waals surface area contributed by atoms with Crippen LogP contribution in [0.2, 0.25) is 0 Å². The lowest BCUT2D eigenvalue weighted by molar-refractivity contribution is -0.697. The first-order valence-electron chi connectivity index (χ1n) is 8.77. The summed E-state index contributed by atoms with van der Waals surface area (Å²) in [5.74, 6) is 0.898. The van der Waals surface area contributed by atoms with Gasteiger partial charge in [0.1, 0.15) is 6.54 Å². The Bertz CT molecular complexity index is 307. The predicted octanol–water partition coefficient (Wildman–Crippen LogP) is 5.53. The minimum atomic E-state index is 0.898. The molecule has 0 amide bonds. The van der Waals surface area contributed by atoms with Gasteiger partial charge in [-0.1, -0.05) is 71.3 Å². The summed E-state index contributed by atoms with van der Waals surface area (Å²) in [6, 6.07) is 6.31. The van der Waals surface area contributed by atoms with Gasteiger partial charge in [-0.05, 0) is 12.3 Å². The van der Waals surface area contributed by atoms with Gasteiger partial charge in [-0.3, -0.25) is 0 Å². The normalized spacial score (nSPS) is 12.5. The summed E-state index contributed by atoms with van der Waals surface area (Å²) in [4.78, 5) is 0. The fraction of sp³-hybridized carbons (Fsp3) is 0.737. The molecule has 0 aliphatic rings. The SMILES string of the molecule is CCCCCCCCC[C@H](C)CCC[n+]1ccccc1. The summed E-state index contributed by atoms with van der Waals surface area (Å²) in [6.07, 6.45) is 18.5. The van der Waals surface area contributed by atoms with Crippen molar-refractivity contribution < 1.29 is 4.57 Å². The zero-order valence-corrected chi connectivity index (χ0v) is 13.7. The first kappa shape index (κ1) is 17.2. The quantitative estimate of drug-likeness (QED) is 0.349. The van der Waals surface area contributed by atoms with E-state index < -0.39 is 0 Å². The number of aryl methyl sites for hydroxylation is 1. The van der Waals surface area contributed by atoms with Gasteiger partial charge in [-0.2, -0.15) is 0 Å². The molecule has 114 valence electrons. The van der Waals surface area contributed by atoms with E-state index in [-0.39, 0.29) is 0 Å². The number of nitrogens with zero attached hydrogens (tertiary/aromatic N) is 1. The molecule has 0 fully saturated rings. The highest BCUT2D eigenvalue weighted by molar-refractivity contribution is 4.83. The molecule has 1 nitrogen and oxygen atoms in total. The molecule has 0 aliphatic heterocycles. The third kappa shape index (κ3) is 9.12. The highest BCUT2D eigenvalue weighted by Gasteiger charge is 2.04. The van der Waals surface area contributed by atoms with Gasteiger partial charge in [-0.25, -0.2) is 4.57 Å². The van der Waals surface area contributed by atoms with Crippen LogP contribution in [0.15, 0.2) is 30.6 Å². The molecule has 1 heterocycles. The second-order valence-corrected chi connectivity index (χ2v) is 6.27. The van der Waals surface area contributed by atoms with Gasteiger partial charge in [-0.15, -0.1) is 0 Å². The lowest BCUT2D eigenvalue weighted by atomic mass is 9.97. The van der Waals surface area contributed by atoms with E-state index in [9.17, 15) is 0 Å². The second-order valence-electron chi connectivity index (χ2n) is 6.27. The Labute approximate surface area is 126 Å². The van der Waals surface area contributed by atoms with Crippen LogP contribution in [0.4, 0.5) is 0 Å². The highest BCUT2D eigenvalue weighted by atomic mass is 14.9. The number of rotatable bonds is 12. The molecule has 1 aromatic heterocycles. The largest absolute Gasteiger partial charge is 0.205 e. The summed E-state index contributed by atoms with van der Waals surface area (Å²) >= 11 is 0.